The Labute approximate surface area is 68.6 Å². The molecule has 0 atom stereocenters. The van der Waals surface area contributed by atoms with Crippen LogP contribution in [-0.4, -0.2) is 0 Å². The first kappa shape index (κ1) is 7.95. The third-order valence-corrected chi connectivity index (χ3v) is 2.33. The largest absolute Gasteiger partial charge is 0.207 e. The van der Waals surface area contributed by atoms with E-state index in [1.807, 2.05) is 0 Å². The fraction of sp³-hybridized carbons (Fsp3) is 0.143. The molecule has 0 fully saturated rings. The van der Waals surface area contributed by atoms with Crippen molar-refractivity contribution in [3.63, 3.8) is 0 Å². The second kappa shape index (κ2) is 3.30. The second-order valence-corrected chi connectivity index (χ2v) is 3.20. The average molecular weight is 174 g/mol. The highest BCUT2D eigenvalue weighted by Gasteiger charge is 1.96. The smallest absolute Gasteiger partial charge is 0.126 e. The Bertz CT molecular complexity index is 235. The van der Waals surface area contributed by atoms with Crippen LogP contribution in [0, 0.1) is 12.7 Å². The Hall–Kier alpha value is -0.150. The highest BCUT2D eigenvalue weighted by Crippen LogP contribution is 2.22. The fourth-order valence-corrected chi connectivity index (χ4v) is 1.37. The van der Waals surface area contributed by atoms with Gasteiger partial charge in [0.1, 0.15) is 5.82 Å². The number of hydrogen-bond acceptors (Lipinski definition) is 2. The molecule has 0 aliphatic carbocycles. The molecule has 0 N–H and O–H groups in total. The lowest BCUT2D eigenvalue weighted by molar-refractivity contribution is 0.617. The molecule has 0 aliphatic rings. The Balaban J connectivity index is 3.04. The van der Waals surface area contributed by atoms with Crippen molar-refractivity contribution < 1.29 is 4.39 Å². The van der Waals surface area contributed by atoms with Gasteiger partial charge in [0, 0.05) is 4.90 Å². The van der Waals surface area contributed by atoms with Crippen LogP contribution < -0.4 is 0 Å². The summed E-state index contributed by atoms with van der Waals surface area (Å²) in [6, 6.07) is 4.93. The molecule has 0 nitrogen and oxygen atoms in total. The first-order valence-corrected chi connectivity index (χ1v) is 4.68. The lowest BCUT2D eigenvalue weighted by Crippen LogP contribution is -1.79. The van der Waals surface area contributed by atoms with Gasteiger partial charge < -0.3 is 0 Å². The van der Waals surface area contributed by atoms with E-state index in [1.165, 1.54) is 16.9 Å². The van der Waals surface area contributed by atoms with Gasteiger partial charge in [-0.2, -0.15) is 0 Å². The first-order chi connectivity index (χ1) is 4.74. The minimum Gasteiger partial charge on any atom is -0.207 e. The molecule has 0 amide bonds. The highest BCUT2D eigenvalue weighted by molar-refractivity contribution is 8.68. The van der Waals surface area contributed by atoms with E-state index in [4.69, 9.17) is 0 Å². The van der Waals surface area contributed by atoms with E-state index in [2.05, 4.69) is 11.7 Å². The van der Waals surface area contributed by atoms with Gasteiger partial charge in [-0.15, -0.1) is 11.7 Å². The summed E-state index contributed by atoms with van der Waals surface area (Å²) in [7, 11) is 1.32. The van der Waals surface area contributed by atoms with Crippen molar-refractivity contribution in [1.82, 2.24) is 0 Å². The predicted molar refractivity (Wildman–Crippen MR) is 46.0 cm³/mol. The number of aryl methyl sites for hydroxylation is 1. The molecule has 0 saturated carbocycles. The Morgan fingerprint density at radius 3 is 2.70 bits per heavy atom. The van der Waals surface area contributed by atoms with Crippen LogP contribution in [0.5, 0.6) is 0 Å². The van der Waals surface area contributed by atoms with Crippen molar-refractivity contribution in [3.8, 4) is 0 Å². The predicted octanol–water partition coefficient (Wildman–Crippen LogP) is 3.07. The molecule has 3 heteroatoms. The van der Waals surface area contributed by atoms with Crippen LogP contribution in [0.1, 0.15) is 5.56 Å². The lowest BCUT2D eigenvalue weighted by atomic mass is 10.2. The van der Waals surface area contributed by atoms with Gasteiger partial charge in [-0.05, 0) is 30.7 Å². The monoisotopic (exact) mass is 174 g/mol. The number of rotatable bonds is 1. The van der Waals surface area contributed by atoms with Gasteiger partial charge in [-0.1, -0.05) is 10.8 Å². The Morgan fingerprint density at radius 1 is 1.50 bits per heavy atom. The van der Waals surface area contributed by atoms with Crippen LogP contribution in [-0.2, 0) is 0 Å². The molecule has 1 aromatic carbocycles. The van der Waals surface area contributed by atoms with Crippen molar-refractivity contribution in [1.29, 1.82) is 0 Å². The van der Waals surface area contributed by atoms with Crippen LogP contribution in [0.15, 0.2) is 23.1 Å². The average Bonchev–Trinajstić information content (AvgIpc) is 1.95. The summed E-state index contributed by atoms with van der Waals surface area (Å²) in [5.41, 5.74) is 0.666. The summed E-state index contributed by atoms with van der Waals surface area (Å²) in [6.07, 6.45) is 0. The number of benzene rings is 1. The molecule has 0 aliphatic heterocycles. The molecule has 0 radical (unpaired) electrons. The summed E-state index contributed by atoms with van der Waals surface area (Å²) < 4.78 is 12.6. The van der Waals surface area contributed by atoms with E-state index in [1.54, 1.807) is 19.1 Å². The second-order valence-electron chi connectivity index (χ2n) is 2.00. The molecule has 1 aromatic rings. The maximum Gasteiger partial charge on any atom is 0.126 e. The first-order valence-electron chi connectivity index (χ1n) is 2.81. The Morgan fingerprint density at radius 2 is 2.20 bits per heavy atom. The van der Waals surface area contributed by atoms with Crippen LogP contribution in [0.3, 0.4) is 0 Å². The maximum absolute atomic E-state index is 12.6. The lowest BCUT2D eigenvalue weighted by Gasteiger charge is -1.97. The molecule has 10 heavy (non-hydrogen) atoms. The van der Waals surface area contributed by atoms with Crippen molar-refractivity contribution in [2.45, 2.75) is 11.8 Å². The molecular weight excluding hydrogens is 167 g/mol. The normalized spacial score (nSPS) is 9.90. The summed E-state index contributed by atoms with van der Waals surface area (Å²) >= 11 is 3.99. The van der Waals surface area contributed by atoms with E-state index in [0.29, 0.717) is 5.56 Å². The topological polar surface area (TPSA) is 0 Å². The zero-order valence-corrected chi connectivity index (χ0v) is 7.18. The molecular formula is C7H7FS2. The number of hydrogen-bond donors (Lipinski definition) is 1. The summed E-state index contributed by atoms with van der Waals surface area (Å²) in [5.74, 6) is -0.161. The van der Waals surface area contributed by atoms with Gasteiger partial charge in [0.15, 0.2) is 0 Å². The minimum atomic E-state index is -0.161. The minimum absolute atomic E-state index is 0.161. The molecule has 0 unspecified atom stereocenters. The van der Waals surface area contributed by atoms with Crippen molar-refractivity contribution in [2.75, 3.05) is 0 Å². The SMILES string of the molecule is Cc1cc(SS)ccc1F. The fourth-order valence-electron chi connectivity index (χ4n) is 0.674. The molecule has 0 spiro atoms. The van der Waals surface area contributed by atoms with Crippen LogP contribution in [0.2, 0.25) is 0 Å². The molecule has 0 aromatic heterocycles. The zero-order valence-electron chi connectivity index (χ0n) is 5.47. The quantitative estimate of drug-likeness (QED) is 0.504. The molecule has 0 bridgehead atoms. The van der Waals surface area contributed by atoms with Crippen LogP contribution in [0.25, 0.3) is 0 Å². The third-order valence-electron chi connectivity index (χ3n) is 1.23. The standard InChI is InChI=1S/C7H7FS2/c1-5-4-6(10-9)2-3-7(5)8/h2-4,9H,1H3. The number of halogens is 1. The third kappa shape index (κ3) is 1.67. The van der Waals surface area contributed by atoms with Gasteiger partial charge >= 0.3 is 0 Å². The van der Waals surface area contributed by atoms with Gasteiger partial charge in [0.25, 0.3) is 0 Å². The molecule has 1 rings (SSSR count). The molecule has 54 valence electrons. The highest BCUT2D eigenvalue weighted by atomic mass is 33.1. The number of thiol groups is 1. The van der Waals surface area contributed by atoms with Gasteiger partial charge in [0.05, 0.1) is 0 Å². The van der Waals surface area contributed by atoms with Crippen molar-refractivity contribution >= 4 is 22.5 Å². The van der Waals surface area contributed by atoms with Gasteiger partial charge in [-0.3, -0.25) is 0 Å². The van der Waals surface area contributed by atoms with E-state index >= 15 is 0 Å². The van der Waals surface area contributed by atoms with Crippen molar-refractivity contribution in [2.24, 2.45) is 0 Å². The van der Waals surface area contributed by atoms with E-state index < -0.39 is 0 Å². The molecule has 0 heterocycles. The van der Waals surface area contributed by atoms with Crippen molar-refractivity contribution in [3.05, 3.63) is 29.6 Å². The summed E-state index contributed by atoms with van der Waals surface area (Å²) in [6.45, 7) is 1.74. The maximum atomic E-state index is 12.6. The summed E-state index contributed by atoms with van der Waals surface area (Å²) in [4.78, 5) is 0.974. The van der Waals surface area contributed by atoms with Gasteiger partial charge in [0.2, 0.25) is 0 Å². The van der Waals surface area contributed by atoms with Crippen LogP contribution in [0.4, 0.5) is 4.39 Å². The molecule has 0 saturated heterocycles. The van der Waals surface area contributed by atoms with Gasteiger partial charge in [-0.25, -0.2) is 4.39 Å². The van der Waals surface area contributed by atoms with E-state index in [0.717, 1.165) is 4.90 Å². The van der Waals surface area contributed by atoms with E-state index in [9.17, 15) is 4.39 Å². The zero-order chi connectivity index (χ0) is 7.56. The van der Waals surface area contributed by atoms with Crippen LogP contribution >= 0.6 is 22.5 Å². The Kier molecular flexibility index (Phi) is 2.63. The summed E-state index contributed by atoms with van der Waals surface area (Å²) in [5, 5.41) is 0. The van der Waals surface area contributed by atoms with E-state index in [-0.39, 0.29) is 5.82 Å².